The minimum absolute atomic E-state index is 0.392. The SMILES string of the molecule is CC(CC(C)(C)C(C)(C)CCCS)C(C)(C)C. The van der Waals surface area contributed by atoms with Crippen LogP contribution in [0.1, 0.15) is 74.7 Å². The molecule has 0 aromatic carbocycles. The Morgan fingerprint density at radius 3 is 1.71 bits per heavy atom. The molecule has 0 spiro atoms. The first-order valence-electron chi connectivity index (χ1n) is 7.05. The van der Waals surface area contributed by atoms with E-state index >= 15 is 0 Å². The lowest BCUT2D eigenvalue weighted by Crippen LogP contribution is -2.36. The predicted molar refractivity (Wildman–Crippen MR) is 83.9 cm³/mol. The molecule has 0 radical (unpaired) electrons. The predicted octanol–water partition coefficient (Wildman–Crippen LogP) is 5.82. The topological polar surface area (TPSA) is 0 Å². The Labute approximate surface area is 115 Å². The molecule has 0 saturated heterocycles. The molecule has 1 atom stereocenters. The van der Waals surface area contributed by atoms with E-state index in [9.17, 15) is 0 Å². The third-order valence-corrected chi connectivity index (χ3v) is 5.40. The molecule has 0 aromatic heterocycles. The molecule has 17 heavy (non-hydrogen) atoms. The van der Waals surface area contributed by atoms with Gasteiger partial charge < -0.3 is 0 Å². The summed E-state index contributed by atoms with van der Waals surface area (Å²) in [4.78, 5) is 0. The van der Waals surface area contributed by atoms with Gasteiger partial charge in [-0.05, 0) is 47.2 Å². The van der Waals surface area contributed by atoms with Crippen LogP contribution in [0.5, 0.6) is 0 Å². The molecular weight excluding hydrogens is 224 g/mol. The summed E-state index contributed by atoms with van der Waals surface area (Å²) in [6.07, 6.45) is 3.81. The molecule has 0 fully saturated rings. The highest BCUT2D eigenvalue weighted by Gasteiger charge is 2.39. The van der Waals surface area contributed by atoms with E-state index in [1.165, 1.54) is 19.3 Å². The van der Waals surface area contributed by atoms with Crippen LogP contribution < -0.4 is 0 Å². The van der Waals surface area contributed by atoms with E-state index in [0.29, 0.717) is 16.2 Å². The highest BCUT2D eigenvalue weighted by Crippen LogP contribution is 2.48. The number of thiol groups is 1. The summed E-state index contributed by atoms with van der Waals surface area (Å²) in [7, 11) is 0. The second-order valence-electron chi connectivity index (χ2n) is 8.07. The van der Waals surface area contributed by atoms with Gasteiger partial charge in [0.2, 0.25) is 0 Å². The fraction of sp³-hybridized carbons (Fsp3) is 1.00. The monoisotopic (exact) mass is 258 g/mol. The normalized spacial score (nSPS) is 16.1. The van der Waals surface area contributed by atoms with Gasteiger partial charge in [0.1, 0.15) is 0 Å². The summed E-state index contributed by atoms with van der Waals surface area (Å²) >= 11 is 4.34. The van der Waals surface area contributed by atoms with Gasteiger partial charge in [0.05, 0.1) is 0 Å². The molecule has 0 aliphatic heterocycles. The van der Waals surface area contributed by atoms with Gasteiger partial charge in [-0.2, -0.15) is 12.6 Å². The lowest BCUT2D eigenvalue weighted by Gasteiger charge is -2.45. The zero-order chi connectivity index (χ0) is 13.9. The molecule has 1 unspecified atom stereocenters. The zero-order valence-electron chi connectivity index (χ0n) is 13.4. The van der Waals surface area contributed by atoms with Crippen LogP contribution in [0, 0.1) is 22.2 Å². The van der Waals surface area contributed by atoms with Gasteiger partial charge in [0, 0.05) is 0 Å². The van der Waals surface area contributed by atoms with Crippen molar-refractivity contribution >= 4 is 12.6 Å². The molecule has 0 rings (SSSR count). The van der Waals surface area contributed by atoms with Crippen LogP contribution >= 0.6 is 12.6 Å². The molecule has 0 heterocycles. The van der Waals surface area contributed by atoms with Gasteiger partial charge in [-0.25, -0.2) is 0 Å². The first kappa shape index (κ1) is 17.4. The summed E-state index contributed by atoms with van der Waals surface area (Å²) < 4.78 is 0. The molecule has 0 nitrogen and oxygen atoms in total. The third kappa shape index (κ3) is 5.24. The molecule has 1 heteroatoms. The van der Waals surface area contributed by atoms with Crippen molar-refractivity contribution in [1.29, 1.82) is 0 Å². The maximum Gasteiger partial charge on any atom is -0.00977 e. The highest BCUT2D eigenvalue weighted by atomic mass is 32.1. The highest BCUT2D eigenvalue weighted by molar-refractivity contribution is 7.80. The maximum absolute atomic E-state index is 4.34. The zero-order valence-corrected chi connectivity index (χ0v) is 14.2. The van der Waals surface area contributed by atoms with Crippen LogP contribution in [-0.2, 0) is 0 Å². The molecule has 0 amide bonds. The molecule has 0 N–H and O–H groups in total. The molecular formula is C16H34S. The summed E-state index contributed by atoms with van der Waals surface area (Å²) in [5, 5.41) is 0. The van der Waals surface area contributed by atoms with Crippen LogP contribution in [0.2, 0.25) is 0 Å². The summed E-state index contributed by atoms with van der Waals surface area (Å²) in [6, 6.07) is 0. The Morgan fingerprint density at radius 2 is 1.35 bits per heavy atom. The number of rotatable bonds is 6. The van der Waals surface area contributed by atoms with Gasteiger partial charge in [-0.1, -0.05) is 55.4 Å². The van der Waals surface area contributed by atoms with Crippen LogP contribution in [0.4, 0.5) is 0 Å². The van der Waals surface area contributed by atoms with Crippen molar-refractivity contribution in [3.8, 4) is 0 Å². The Kier molecular flexibility index (Phi) is 6.12. The molecule has 0 aliphatic rings. The first-order chi connectivity index (χ1) is 7.44. The van der Waals surface area contributed by atoms with Crippen LogP contribution in [-0.4, -0.2) is 5.75 Å². The van der Waals surface area contributed by atoms with E-state index in [1.807, 2.05) is 0 Å². The van der Waals surface area contributed by atoms with Gasteiger partial charge >= 0.3 is 0 Å². The minimum atomic E-state index is 0.392. The molecule has 104 valence electrons. The Bertz CT molecular complexity index is 220. The Balaban J connectivity index is 4.65. The fourth-order valence-electron chi connectivity index (χ4n) is 2.21. The van der Waals surface area contributed by atoms with Crippen molar-refractivity contribution in [2.24, 2.45) is 22.2 Å². The van der Waals surface area contributed by atoms with Crippen LogP contribution in [0.15, 0.2) is 0 Å². The third-order valence-electron chi connectivity index (χ3n) is 5.09. The van der Waals surface area contributed by atoms with Gasteiger partial charge in [-0.15, -0.1) is 0 Å². The summed E-state index contributed by atoms with van der Waals surface area (Å²) in [5.74, 6) is 1.77. The van der Waals surface area contributed by atoms with Crippen molar-refractivity contribution in [3.05, 3.63) is 0 Å². The lowest BCUT2D eigenvalue weighted by molar-refractivity contribution is 0.0466. The second-order valence-corrected chi connectivity index (χ2v) is 8.51. The summed E-state index contributed by atoms with van der Waals surface area (Å²) in [6.45, 7) is 19.2. The Morgan fingerprint density at radius 1 is 0.882 bits per heavy atom. The van der Waals surface area contributed by atoms with E-state index in [4.69, 9.17) is 0 Å². The van der Waals surface area contributed by atoms with Crippen molar-refractivity contribution in [1.82, 2.24) is 0 Å². The van der Waals surface area contributed by atoms with E-state index in [-0.39, 0.29) is 0 Å². The van der Waals surface area contributed by atoms with Crippen molar-refractivity contribution in [2.45, 2.75) is 74.7 Å². The molecule has 0 aliphatic carbocycles. The van der Waals surface area contributed by atoms with Crippen molar-refractivity contribution in [3.63, 3.8) is 0 Å². The van der Waals surface area contributed by atoms with Crippen LogP contribution in [0.3, 0.4) is 0 Å². The van der Waals surface area contributed by atoms with Crippen molar-refractivity contribution < 1.29 is 0 Å². The quantitative estimate of drug-likeness (QED) is 0.570. The second kappa shape index (κ2) is 5.99. The number of hydrogen-bond acceptors (Lipinski definition) is 1. The average molecular weight is 259 g/mol. The van der Waals surface area contributed by atoms with E-state index in [0.717, 1.165) is 11.7 Å². The summed E-state index contributed by atoms with van der Waals surface area (Å²) in [5.41, 5.74) is 1.20. The standard InChI is InChI=1S/C16H34S/c1-13(14(2,3)4)12-16(7,8)15(5,6)10-9-11-17/h13,17H,9-12H2,1-8H3. The Hall–Kier alpha value is 0.350. The van der Waals surface area contributed by atoms with E-state index in [2.05, 4.69) is 68.0 Å². The minimum Gasteiger partial charge on any atom is -0.179 e. The molecule has 0 saturated carbocycles. The van der Waals surface area contributed by atoms with E-state index in [1.54, 1.807) is 0 Å². The number of hydrogen-bond donors (Lipinski definition) is 1. The van der Waals surface area contributed by atoms with Crippen molar-refractivity contribution in [2.75, 3.05) is 5.75 Å². The first-order valence-corrected chi connectivity index (χ1v) is 7.68. The lowest BCUT2D eigenvalue weighted by atomic mass is 9.60. The maximum atomic E-state index is 4.34. The van der Waals surface area contributed by atoms with Gasteiger partial charge in [0.15, 0.2) is 0 Å². The molecule has 0 aromatic rings. The van der Waals surface area contributed by atoms with Gasteiger partial charge in [0.25, 0.3) is 0 Å². The smallest absolute Gasteiger partial charge is 0.00977 e. The van der Waals surface area contributed by atoms with E-state index < -0.39 is 0 Å². The average Bonchev–Trinajstić information content (AvgIpc) is 2.12. The fourth-order valence-corrected chi connectivity index (χ4v) is 2.37. The largest absolute Gasteiger partial charge is 0.179 e. The molecule has 0 bridgehead atoms. The van der Waals surface area contributed by atoms with Gasteiger partial charge in [-0.3, -0.25) is 0 Å². The van der Waals surface area contributed by atoms with Crippen LogP contribution in [0.25, 0.3) is 0 Å².